The Labute approximate surface area is 133 Å². The third-order valence-corrected chi connectivity index (χ3v) is 2.93. The summed E-state index contributed by atoms with van der Waals surface area (Å²) in [6.07, 6.45) is -0.364. The third kappa shape index (κ3) is 7.19. The molecule has 1 aromatic rings. The van der Waals surface area contributed by atoms with Crippen molar-refractivity contribution < 1.29 is 28.2 Å². The molecular weight excluding hydrogens is 308 g/mol. The molecule has 7 heteroatoms. The zero-order chi connectivity index (χ0) is 17.6. The first-order chi connectivity index (χ1) is 10.6. The highest BCUT2D eigenvalue weighted by Crippen LogP contribution is 2.11. The Morgan fingerprint density at radius 3 is 2.52 bits per heavy atom. The molecular formula is C16H21F2NO4. The molecule has 0 bridgehead atoms. The van der Waals surface area contributed by atoms with E-state index in [0.29, 0.717) is 0 Å². The molecule has 128 valence electrons. The molecule has 0 radical (unpaired) electrons. The maximum atomic E-state index is 13.5. The van der Waals surface area contributed by atoms with Gasteiger partial charge >= 0.3 is 5.97 Å². The van der Waals surface area contributed by atoms with Crippen molar-refractivity contribution in [1.29, 1.82) is 0 Å². The van der Waals surface area contributed by atoms with Crippen LogP contribution in [0.15, 0.2) is 18.2 Å². The smallest absolute Gasteiger partial charge is 0.326 e. The number of hydrogen-bond acceptors (Lipinski definition) is 3. The number of benzene rings is 1. The minimum absolute atomic E-state index is 0.0734. The molecule has 1 unspecified atom stereocenters. The number of carboxylic acids is 1. The third-order valence-electron chi connectivity index (χ3n) is 2.93. The number of hydrogen-bond donors (Lipinski definition) is 2. The van der Waals surface area contributed by atoms with Crippen LogP contribution in [0.5, 0.6) is 0 Å². The molecule has 0 saturated carbocycles. The number of carbonyl (C=O) groups excluding carboxylic acids is 1. The van der Waals surface area contributed by atoms with Crippen molar-refractivity contribution in [1.82, 2.24) is 5.32 Å². The van der Waals surface area contributed by atoms with Crippen LogP contribution >= 0.6 is 0 Å². The lowest BCUT2D eigenvalue weighted by atomic mass is 10.1. The number of amides is 1. The summed E-state index contributed by atoms with van der Waals surface area (Å²) in [5.74, 6) is -3.29. The molecule has 0 aromatic heterocycles. The van der Waals surface area contributed by atoms with Crippen LogP contribution in [0.4, 0.5) is 8.78 Å². The van der Waals surface area contributed by atoms with Crippen molar-refractivity contribution in [2.45, 2.75) is 45.3 Å². The first kappa shape index (κ1) is 19.0. The quantitative estimate of drug-likeness (QED) is 0.805. The fourth-order valence-electron chi connectivity index (χ4n) is 1.84. The van der Waals surface area contributed by atoms with Crippen LogP contribution in [0, 0.1) is 11.6 Å². The molecule has 0 fully saturated rings. The first-order valence-corrected chi connectivity index (χ1v) is 7.18. The highest BCUT2D eigenvalue weighted by Gasteiger charge is 2.22. The van der Waals surface area contributed by atoms with Gasteiger partial charge in [0.25, 0.3) is 0 Å². The molecule has 0 heterocycles. The lowest BCUT2D eigenvalue weighted by Crippen LogP contribution is -2.42. The van der Waals surface area contributed by atoms with Gasteiger partial charge in [0.2, 0.25) is 5.91 Å². The Hall–Kier alpha value is -2.02. The van der Waals surface area contributed by atoms with Gasteiger partial charge in [-0.2, -0.15) is 0 Å². The van der Waals surface area contributed by atoms with Crippen molar-refractivity contribution in [2.75, 3.05) is 6.61 Å². The van der Waals surface area contributed by atoms with Gasteiger partial charge in [-0.05, 0) is 39.0 Å². The van der Waals surface area contributed by atoms with Crippen molar-refractivity contribution in [3.63, 3.8) is 0 Å². The Bertz CT molecular complexity index is 570. The monoisotopic (exact) mass is 329 g/mol. The number of carboxylic acid groups (broad SMARTS) is 1. The van der Waals surface area contributed by atoms with Crippen molar-refractivity contribution in [3.05, 3.63) is 35.4 Å². The van der Waals surface area contributed by atoms with Gasteiger partial charge in [-0.15, -0.1) is 0 Å². The molecule has 2 N–H and O–H groups in total. The van der Waals surface area contributed by atoms with Gasteiger partial charge in [-0.25, -0.2) is 13.6 Å². The van der Waals surface area contributed by atoms with E-state index in [4.69, 9.17) is 9.84 Å². The number of rotatable bonds is 7. The summed E-state index contributed by atoms with van der Waals surface area (Å²) in [7, 11) is 0. The average Bonchev–Trinajstić information content (AvgIpc) is 2.40. The first-order valence-electron chi connectivity index (χ1n) is 7.18. The second kappa shape index (κ2) is 8.01. The second-order valence-electron chi connectivity index (χ2n) is 6.12. The molecule has 1 aromatic carbocycles. The van der Waals surface area contributed by atoms with E-state index >= 15 is 0 Å². The summed E-state index contributed by atoms with van der Waals surface area (Å²) in [6, 6.07) is 1.62. The summed E-state index contributed by atoms with van der Waals surface area (Å²) < 4.78 is 32.0. The van der Waals surface area contributed by atoms with E-state index in [9.17, 15) is 18.4 Å². The predicted molar refractivity (Wildman–Crippen MR) is 80.0 cm³/mol. The Kier molecular flexibility index (Phi) is 6.62. The molecule has 23 heavy (non-hydrogen) atoms. The minimum Gasteiger partial charge on any atom is -0.480 e. The van der Waals surface area contributed by atoms with Crippen LogP contribution in [0.25, 0.3) is 0 Å². The zero-order valence-corrected chi connectivity index (χ0v) is 13.4. The number of aliphatic carboxylic acids is 1. The van der Waals surface area contributed by atoms with Gasteiger partial charge in [0.1, 0.15) is 17.7 Å². The van der Waals surface area contributed by atoms with Crippen molar-refractivity contribution >= 4 is 11.9 Å². The summed E-state index contributed by atoms with van der Waals surface area (Å²) in [5, 5.41) is 11.4. The number of ether oxygens (including phenoxy) is 1. The second-order valence-corrected chi connectivity index (χ2v) is 6.12. The molecule has 0 saturated heterocycles. The Balaban J connectivity index is 2.60. The van der Waals surface area contributed by atoms with Gasteiger partial charge in [0.05, 0.1) is 12.0 Å². The van der Waals surface area contributed by atoms with E-state index in [1.165, 1.54) is 0 Å². The molecule has 5 nitrogen and oxygen atoms in total. The summed E-state index contributed by atoms with van der Waals surface area (Å²) in [5.41, 5.74) is -0.546. The van der Waals surface area contributed by atoms with E-state index in [1.807, 2.05) is 20.8 Å². The van der Waals surface area contributed by atoms with Crippen LogP contribution in [-0.4, -0.2) is 35.2 Å². The topological polar surface area (TPSA) is 75.6 Å². The van der Waals surface area contributed by atoms with Gasteiger partial charge in [0, 0.05) is 18.6 Å². The number of carbonyl (C=O) groups is 2. The van der Waals surface area contributed by atoms with E-state index in [1.54, 1.807) is 0 Å². The van der Waals surface area contributed by atoms with Crippen molar-refractivity contribution in [2.24, 2.45) is 0 Å². The average molecular weight is 329 g/mol. The fourth-order valence-corrected chi connectivity index (χ4v) is 1.84. The van der Waals surface area contributed by atoms with Crippen molar-refractivity contribution in [3.8, 4) is 0 Å². The fraction of sp³-hybridized carbons (Fsp3) is 0.500. The Morgan fingerprint density at radius 1 is 1.30 bits per heavy atom. The lowest BCUT2D eigenvalue weighted by molar-refractivity contribution is -0.142. The van der Waals surface area contributed by atoms with E-state index < -0.39 is 41.6 Å². The van der Waals surface area contributed by atoms with Gasteiger partial charge in [0.15, 0.2) is 0 Å². The summed E-state index contributed by atoms with van der Waals surface area (Å²) in [6.45, 7) is 5.63. The van der Waals surface area contributed by atoms with Crippen LogP contribution in [-0.2, 0) is 20.7 Å². The molecule has 1 rings (SSSR count). The summed E-state index contributed by atoms with van der Waals surface area (Å²) in [4.78, 5) is 23.0. The molecule has 1 atom stereocenters. The molecule has 0 aliphatic rings. The normalized spacial score (nSPS) is 12.7. The number of halogens is 2. The molecule has 0 spiro atoms. The van der Waals surface area contributed by atoms with Crippen LogP contribution < -0.4 is 5.32 Å². The predicted octanol–water partition coefficient (Wildman–Crippen LogP) is 2.28. The van der Waals surface area contributed by atoms with Crippen LogP contribution in [0.2, 0.25) is 0 Å². The molecule has 1 amide bonds. The molecule has 0 aliphatic carbocycles. The molecule has 0 aliphatic heterocycles. The van der Waals surface area contributed by atoms with E-state index in [2.05, 4.69) is 5.32 Å². The summed E-state index contributed by atoms with van der Waals surface area (Å²) >= 11 is 0. The van der Waals surface area contributed by atoms with Gasteiger partial charge < -0.3 is 15.2 Å². The standard InChI is InChI=1S/C16H21F2NO4/c1-16(2,3)23-7-6-13(15(21)22)19-14(20)9-10-8-11(17)4-5-12(10)18/h4-5,8,13H,6-7,9H2,1-3H3,(H,19,20)(H,21,22). The largest absolute Gasteiger partial charge is 0.480 e. The van der Waals surface area contributed by atoms with E-state index in [-0.39, 0.29) is 18.6 Å². The lowest BCUT2D eigenvalue weighted by Gasteiger charge is -2.21. The van der Waals surface area contributed by atoms with Gasteiger partial charge in [-0.3, -0.25) is 4.79 Å². The van der Waals surface area contributed by atoms with Crippen LogP contribution in [0.3, 0.4) is 0 Å². The maximum absolute atomic E-state index is 13.5. The van der Waals surface area contributed by atoms with Crippen LogP contribution in [0.1, 0.15) is 32.8 Å². The van der Waals surface area contributed by atoms with E-state index in [0.717, 1.165) is 18.2 Å². The zero-order valence-electron chi connectivity index (χ0n) is 13.4. The maximum Gasteiger partial charge on any atom is 0.326 e. The number of nitrogens with one attached hydrogen (secondary N) is 1. The highest BCUT2D eigenvalue weighted by atomic mass is 19.1. The SMILES string of the molecule is CC(C)(C)OCCC(NC(=O)Cc1cc(F)ccc1F)C(=O)O. The minimum atomic E-state index is -1.21. The Morgan fingerprint density at radius 2 is 1.96 bits per heavy atom. The van der Waals surface area contributed by atoms with Gasteiger partial charge in [-0.1, -0.05) is 0 Å². The highest BCUT2D eigenvalue weighted by molar-refractivity contribution is 5.84.